The molecular weight excluding hydrogens is 330 g/mol. The van der Waals surface area contributed by atoms with Crippen molar-refractivity contribution in [2.45, 2.75) is 25.3 Å². The predicted molar refractivity (Wildman–Crippen MR) is 68.1 cm³/mol. The van der Waals surface area contributed by atoms with E-state index in [1.165, 1.54) is 25.2 Å². The molecule has 2 nitrogen and oxygen atoms in total. The topological polar surface area (TPSA) is 21.3 Å². The van der Waals surface area contributed by atoms with Gasteiger partial charge in [-0.2, -0.15) is 8.78 Å². The Bertz CT molecular complexity index is 428. The molecule has 0 heterocycles. The molecule has 0 saturated carbocycles. The lowest BCUT2D eigenvalue weighted by molar-refractivity contribution is -0.150. The first-order chi connectivity index (χ1) is 8.84. The van der Waals surface area contributed by atoms with Crippen LogP contribution in [-0.2, 0) is 0 Å². The van der Waals surface area contributed by atoms with Crippen molar-refractivity contribution >= 4 is 15.9 Å². The molecule has 0 aromatic heterocycles. The van der Waals surface area contributed by atoms with E-state index in [4.69, 9.17) is 4.74 Å². The first kappa shape index (κ1) is 16.2. The maximum absolute atomic E-state index is 13.4. The molecule has 1 unspecified atom stereocenters. The number of rotatable bonds is 6. The van der Waals surface area contributed by atoms with E-state index in [9.17, 15) is 17.6 Å². The van der Waals surface area contributed by atoms with E-state index >= 15 is 0 Å². The molecule has 7 heteroatoms. The van der Waals surface area contributed by atoms with Gasteiger partial charge in [0.1, 0.15) is 11.8 Å². The summed E-state index contributed by atoms with van der Waals surface area (Å²) in [6.45, 7) is 2.20. The first-order valence-electron chi connectivity index (χ1n) is 5.60. The van der Waals surface area contributed by atoms with E-state index in [2.05, 4.69) is 21.2 Å². The molecule has 1 aromatic carbocycles. The van der Waals surface area contributed by atoms with Crippen LogP contribution >= 0.6 is 15.9 Å². The molecule has 1 aromatic rings. The Morgan fingerprint density at radius 3 is 2.42 bits per heavy atom. The van der Waals surface area contributed by atoms with Gasteiger partial charge in [-0.1, -0.05) is 6.07 Å². The van der Waals surface area contributed by atoms with Crippen LogP contribution in [0.25, 0.3) is 0 Å². The molecule has 0 saturated heterocycles. The van der Waals surface area contributed by atoms with E-state index in [0.29, 0.717) is 16.8 Å². The largest absolute Gasteiger partial charge is 0.493 e. The van der Waals surface area contributed by atoms with Gasteiger partial charge in [-0.3, -0.25) is 0 Å². The number of benzene rings is 1. The number of hydrogen-bond acceptors (Lipinski definition) is 2. The highest BCUT2D eigenvalue weighted by Gasteiger charge is 2.48. The summed E-state index contributed by atoms with van der Waals surface area (Å²) in [5, 5.41) is 2.23. The fourth-order valence-electron chi connectivity index (χ4n) is 1.68. The summed E-state index contributed by atoms with van der Waals surface area (Å²) in [4.78, 5) is 0. The predicted octanol–water partition coefficient (Wildman–Crippen LogP) is 4.01. The third-order valence-electron chi connectivity index (χ3n) is 2.55. The van der Waals surface area contributed by atoms with Crippen molar-refractivity contribution in [3.8, 4) is 5.75 Å². The molecule has 19 heavy (non-hydrogen) atoms. The molecule has 0 spiro atoms. The Labute approximate surface area is 117 Å². The molecule has 0 amide bonds. The lowest BCUT2D eigenvalue weighted by Gasteiger charge is -2.26. The van der Waals surface area contributed by atoms with E-state index in [-0.39, 0.29) is 5.56 Å². The molecule has 0 fully saturated rings. The Morgan fingerprint density at radius 1 is 1.37 bits per heavy atom. The Balaban J connectivity index is 3.10. The van der Waals surface area contributed by atoms with Gasteiger partial charge in [-0.15, -0.1) is 0 Å². The van der Waals surface area contributed by atoms with Crippen LogP contribution in [0.3, 0.4) is 0 Å². The van der Waals surface area contributed by atoms with Crippen LogP contribution in [0.15, 0.2) is 22.7 Å². The van der Waals surface area contributed by atoms with Crippen molar-refractivity contribution < 1.29 is 22.3 Å². The van der Waals surface area contributed by atoms with Crippen molar-refractivity contribution in [2.24, 2.45) is 0 Å². The van der Waals surface area contributed by atoms with Crippen LogP contribution in [0.4, 0.5) is 17.6 Å². The first-order valence-corrected chi connectivity index (χ1v) is 6.39. The second-order valence-electron chi connectivity index (χ2n) is 3.82. The minimum absolute atomic E-state index is 0.0585. The van der Waals surface area contributed by atoms with Gasteiger partial charge in [0.25, 0.3) is 0 Å². The quantitative estimate of drug-likeness (QED) is 0.788. The molecular formula is C12H14BrF4NO. The normalized spacial score (nSPS) is 13.7. The Hall–Kier alpha value is -0.820. The third-order valence-corrected chi connectivity index (χ3v) is 3.17. The smallest absolute Gasteiger partial charge is 0.326 e. The van der Waals surface area contributed by atoms with Crippen LogP contribution in [0, 0.1) is 0 Å². The zero-order valence-corrected chi connectivity index (χ0v) is 12.0. The summed E-state index contributed by atoms with van der Waals surface area (Å²) < 4.78 is 57.3. The summed E-state index contributed by atoms with van der Waals surface area (Å²) in [5.41, 5.74) is 0.0585. The molecule has 0 radical (unpaired) electrons. The Morgan fingerprint density at radius 2 is 2.00 bits per heavy atom. The van der Waals surface area contributed by atoms with Crippen molar-refractivity contribution in [3.63, 3.8) is 0 Å². The van der Waals surface area contributed by atoms with Gasteiger partial charge in [-0.05, 0) is 47.6 Å². The number of alkyl halides is 4. The second-order valence-corrected chi connectivity index (χ2v) is 4.67. The minimum Gasteiger partial charge on any atom is -0.493 e. The van der Waals surface area contributed by atoms with Crippen molar-refractivity contribution in [2.75, 3.05) is 13.7 Å². The molecule has 108 valence electrons. The lowest BCUT2D eigenvalue weighted by atomic mass is 10.0. The summed E-state index contributed by atoms with van der Waals surface area (Å²) in [7, 11) is 1.21. The maximum atomic E-state index is 13.4. The van der Waals surface area contributed by atoms with Gasteiger partial charge >= 0.3 is 12.3 Å². The average molecular weight is 344 g/mol. The molecule has 0 aliphatic carbocycles. The van der Waals surface area contributed by atoms with E-state index in [1.54, 1.807) is 6.92 Å². The van der Waals surface area contributed by atoms with Crippen molar-refractivity contribution in [3.05, 3.63) is 28.2 Å². The van der Waals surface area contributed by atoms with Crippen LogP contribution in [-0.4, -0.2) is 26.0 Å². The van der Waals surface area contributed by atoms with E-state index < -0.39 is 18.4 Å². The Kier molecular flexibility index (Phi) is 5.61. The summed E-state index contributed by atoms with van der Waals surface area (Å²) in [6.07, 6.45) is -3.74. The van der Waals surface area contributed by atoms with E-state index in [0.717, 1.165) is 0 Å². The highest BCUT2D eigenvalue weighted by atomic mass is 79.9. The van der Waals surface area contributed by atoms with Crippen LogP contribution < -0.4 is 10.1 Å². The standard InChI is InChI=1S/C12H14BrF4NO/c1-3-19-9-5-4-7(6-8(9)13)10(18-2)12(16,17)11(14)15/h4-6,10-11,18H,3H2,1-2H3. The monoisotopic (exact) mass is 343 g/mol. The van der Waals surface area contributed by atoms with Crippen LogP contribution in [0.2, 0.25) is 0 Å². The zero-order chi connectivity index (χ0) is 14.6. The maximum Gasteiger partial charge on any atom is 0.326 e. The minimum atomic E-state index is -4.15. The average Bonchev–Trinajstić information content (AvgIpc) is 2.33. The third kappa shape index (κ3) is 3.60. The van der Waals surface area contributed by atoms with Gasteiger partial charge in [0.05, 0.1) is 11.1 Å². The molecule has 0 aliphatic rings. The SMILES string of the molecule is CCOc1ccc(C(NC)C(F)(F)C(F)F)cc1Br. The number of ether oxygens (including phenoxy) is 1. The van der Waals surface area contributed by atoms with Crippen LogP contribution in [0.5, 0.6) is 5.75 Å². The zero-order valence-electron chi connectivity index (χ0n) is 10.4. The van der Waals surface area contributed by atoms with Gasteiger partial charge in [0, 0.05) is 0 Å². The summed E-state index contributed by atoms with van der Waals surface area (Å²) >= 11 is 3.16. The fraction of sp³-hybridized carbons (Fsp3) is 0.500. The van der Waals surface area contributed by atoms with Gasteiger partial charge in [0.2, 0.25) is 0 Å². The summed E-state index contributed by atoms with van der Waals surface area (Å²) in [6, 6.07) is 2.39. The van der Waals surface area contributed by atoms with Gasteiger partial charge in [-0.25, -0.2) is 8.78 Å². The fourth-order valence-corrected chi connectivity index (χ4v) is 2.19. The van der Waals surface area contributed by atoms with E-state index in [1.807, 2.05) is 0 Å². The van der Waals surface area contributed by atoms with Gasteiger partial charge < -0.3 is 10.1 Å². The molecule has 0 aliphatic heterocycles. The highest BCUT2D eigenvalue weighted by Crippen LogP contribution is 2.38. The van der Waals surface area contributed by atoms with Crippen LogP contribution in [0.1, 0.15) is 18.5 Å². The molecule has 1 rings (SSSR count). The molecule has 1 atom stereocenters. The summed E-state index contributed by atoms with van der Waals surface area (Å²) in [5.74, 6) is -3.68. The van der Waals surface area contributed by atoms with Gasteiger partial charge in [0.15, 0.2) is 0 Å². The number of hydrogen-bond donors (Lipinski definition) is 1. The molecule has 1 N–H and O–H groups in total. The second kappa shape index (κ2) is 6.56. The van der Waals surface area contributed by atoms with Crippen molar-refractivity contribution in [1.29, 1.82) is 0 Å². The highest BCUT2D eigenvalue weighted by molar-refractivity contribution is 9.10. The molecule has 0 bridgehead atoms. The lowest BCUT2D eigenvalue weighted by Crippen LogP contribution is -2.41. The van der Waals surface area contributed by atoms with Crippen molar-refractivity contribution in [1.82, 2.24) is 5.32 Å². The number of halogens is 5. The number of nitrogens with one attached hydrogen (secondary N) is 1.